The second-order valence-corrected chi connectivity index (χ2v) is 2.14. The molecule has 0 saturated carbocycles. The number of rotatable bonds is 1. The van der Waals surface area contributed by atoms with Crippen molar-refractivity contribution in [3.63, 3.8) is 0 Å². The van der Waals surface area contributed by atoms with Crippen LogP contribution in [0.5, 0.6) is 0 Å². The highest BCUT2D eigenvalue weighted by atomic mass is 16.1. The van der Waals surface area contributed by atoms with Crippen molar-refractivity contribution in [2.24, 2.45) is 11.5 Å². The minimum atomic E-state index is -0.777. The molecule has 1 rings (SSSR count). The summed E-state index contributed by atoms with van der Waals surface area (Å²) in [6.45, 7) is 1.76. The Morgan fingerprint density at radius 2 is 2.30 bits per heavy atom. The van der Waals surface area contributed by atoms with E-state index in [0.717, 1.165) is 10.4 Å². The molecular weight excluding hydrogens is 132 g/mol. The van der Waals surface area contributed by atoms with Gasteiger partial charge in [0.1, 0.15) is 0 Å². The van der Waals surface area contributed by atoms with Gasteiger partial charge < -0.3 is 0 Å². The monoisotopic (exact) mass is 142 g/mol. The number of H-pyrrole nitrogens is 1. The van der Waals surface area contributed by atoms with Crippen LogP contribution in [-0.2, 0) is 0 Å². The van der Waals surface area contributed by atoms with Crippen molar-refractivity contribution in [1.82, 2.24) is 9.78 Å². The van der Waals surface area contributed by atoms with E-state index in [9.17, 15) is 4.79 Å². The first-order chi connectivity index (χ1) is 4.61. The van der Waals surface area contributed by atoms with Crippen LogP contribution in [0.3, 0.4) is 0 Å². The van der Waals surface area contributed by atoms with Crippen LogP contribution in [0.25, 0.3) is 0 Å². The van der Waals surface area contributed by atoms with E-state index in [-0.39, 0.29) is 5.56 Å². The van der Waals surface area contributed by atoms with E-state index in [1.54, 1.807) is 6.92 Å². The molecule has 0 spiro atoms. The Morgan fingerprint density at radius 1 is 1.70 bits per heavy atom. The molecule has 0 unspecified atom stereocenters. The Labute approximate surface area is 57.6 Å². The fraction of sp³-hybridized carbons (Fsp3) is 0.400. The maximum atomic E-state index is 10.9. The summed E-state index contributed by atoms with van der Waals surface area (Å²) in [5.41, 5.74) is 11.0. The summed E-state index contributed by atoms with van der Waals surface area (Å²) < 4.78 is 1.16. The molecule has 5 nitrogen and oxygen atoms in total. The highest BCUT2D eigenvalue weighted by Crippen LogP contribution is 1.86. The molecular formula is C5H10N4O. The zero-order valence-electron chi connectivity index (χ0n) is 5.66. The first kappa shape index (κ1) is 7.04. The van der Waals surface area contributed by atoms with Crippen LogP contribution in [0.2, 0.25) is 0 Å². The highest BCUT2D eigenvalue weighted by molar-refractivity contribution is 4.96. The molecule has 5 heteroatoms. The van der Waals surface area contributed by atoms with Crippen molar-refractivity contribution in [2.75, 3.05) is 0 Å². The van der Waals surface area contributed by atoms with Gasteiger partial charge in [-0.3, -0.25) is 21.4 Å². The summed E-state index contributed by atoms with van der Waals surface area (Å²) in [6.07, 6.45) is -0.777. The predicted octanol–water partition coefficient (Wildman–Crippen LogP) is -1.14. The Kier molecular flexibility index (Phi) is 1.60. The van der Waals surface area contributed by atoms with E-state index in [1.165, 1.54) is 6.07 Å². The molecule has 1 aromatic rings. The SMILES string of the molecule is Cc1cc(=O)n(C(N)N)[nH]1. The first-order valence-electron chi connectivity index (χ1n) is 2.90. The van der Waals surface area contributed by atoms with Crippen LogP contribution in [0.15, 0.2) is 10.9 Å². The number of nitrogens with zero attached hydrogens (tertiary/aromatic N) is 1. The van der Waals surface area contributed by atoms with Gasteiger partial charge in [0.2, 0.25) is 0 Å². The predicted molar refractivity (Wildman–Crippen MR) is 37.2 cm³/mol. The summed E-state index contributed by atoms with van der Waals surface area (Å²) >= 11 is 0. The molecule has 1 heterocycles. The molecule has 56 valence electrons. The Balaban J connectivity index is 3.16. The second-order valence-electron chi connectivity index (χ2n) is 2.14. The maximum absolute atomic E-state index is 10.9. The van der Waals surface area contributed by atoms with Gasteiger partial charge in [-0.05, 0) is 6.92 Å². The molecule has 0 fully saturated rings. The standard InChI is InChI=1S/C5H10N4O/c1-3-2-4(10)9(8-3)5(6)7/h2,5,8H,6-7H2,1H3. The largest absolute Gasteiger partial charge is 0.297 e. The first-order valence-corrected chi connectivity index (χ1v) is 2.90. The van der Waals surface area contributed by atoms with E-state index in [1.807, 2.05) is 0 Å². The molecule has 0 bridgehead atoms. The fourth-order valence-electron chi connectivity index (χ4n) is 0.754. The Morgan fingerprint density at radius 3 is 2.50 bits per heavy atom. The molecule has 0 saturated heterocycles. The minimum Gasteiger partial charge on any atom is -0.297 e. The quantitative estimate of drug-likeness (QED) is 0.433. The van der Waals surface area contributed by atoms with Gasteiger partial charge in [-0.2, -0.15) is 0 Å². The van der Waals surface area contributed by atoms with Gasteiger partial charge in [0.15, 0.2) is 6.29 Å². The number of aryl methyl sites for hydroxylation is 1. The van der Waals surface area contributed by atoms with E-state index >= 15 is 0 Å². The molecule has 0 aliphatic carbocycles. The summed E-state index contributed by atoms with van der Waals surface area (Å²) in [6, 6.07) is 1.44. The normalized spacial score (nSPS) is 10.8. The smallest absolute Gasteiger partial charge is 0.269 e. The minimum absolute atomic E-state index is 0.201. The molecule has 5 N–H and O–H groups in total. The molecule has 10 heavy (non-hydrogen) atoms. The number of aromatic nitrogens is 2. The molecule has 0 aliphatic rings. The summed E-state index contributed by atoms with van der Waals surface area (Å²) in [5.74, 6) is 0. The molecule has 0 aromatic carbocycles. The number of nitrogens with two attached hydrogens (primary N) is 2. The lowest BCUT2D eigenvalue weighted by molar-refractivity contribution is 0.471. The summed E-state index contributed by atoms with van der Waals surface area (Å²) in [7, 11) is 0. The van der Waals surface area contributed by atoms with Crippen LogP contribution < -0.4 is 17.0 Å². The van der Waals surface area contributed by atoms with E-state index in [2.05, 4.69) is 5.10 Å². The van der Waals surface area contributed by atoms with Gasteiger partial charge in [0.25, 0.3) is 5.56 Å². The van der Waals surface area contributed by atoms with Crippen molar-refractivity contribution < 1.29 is 0 Å². The molecule has 0 atom stereocenters. The Hall–Kier alpha value is -1.07. The topological polar surface area (TPSA) is 89.8 Å². The van der Waals surface area contributed by atoms with Gasteiger partial charge >= 0.3 is 0 Å². The lowest BCUT2D eigenvalue weighted by atomic mass is 10.5. The van der Waals surface area contributed by atoms with Crippen molar-refractivity contribution >= 4 is 0 Å². The average molecular weight is 142 g/mol. The van der Waals surface area contributed by atoms with Crippen LogP contribution in [0.4, 0.5) is 0 Å². The number of nitrogens with one attached hydrogen (secondary N) is 1. The molecule has 0 amide bonds. The number of aromatic amines is 1. The third kappa shape index (κ3) is 1.09. The summed E-state index contributed by atoms with van der Waals surface area (Å²) in [4.78, 5) is 10.9. The zero-order valence-corrected chi connectivity index (χ0v) is 5.66. The van der Waals surface area contributed by atoms with Crippen LogP contribution in [0.1, 0.15) is 12.0 Å². The van der Waals surface area contributed by atoms with Gasteiger partial charge in [0.05, 0.1) is 0 Å². The fourth-order valence-corrected chi connectivity index (χ4v) is 0.754. The number of hydrogen-bond acceptors (Lipinski definition) is 3. The van der Waals surface area contributed by atoms with Crippen molar-refractivity contribution in [3.8, 4) is 0 Å². The van der Waals surface area contributed by atoms with Crippen LogP contribution >= 0.6 is 0 Å². The second kappa shape index (κ2) is 2.28. The van der Waals surface area contributed by atoms with E-state index in [4.69, 9.17) is 11.5 Å². The summed E-state index contributed by atoms with van der Waals surface area (Å²) in [5, 5.41) is 2.70. The highest BCUT2D eigenvalue weighted by Gasteiger charge is 2.01. The van der Waals surface area contributed by atoms with Gasteiger partial charge in [-0.25, -0.2) is 4.68 Å². The average Bonchev–Trinajstić information content (AvgIpc) is 2.10. The molecule has 1 aromatic heterocycles. The molecule has 0 aliphatic heterocycles. The van der Waals surface area contributed by atoms with Crippen molar-refractivity contribution in [1.29, 1.82) is 0 Å². The third-order valence-electron chi connectivity index (χ3n) is 1.17. The zero-order chi connectivity index (χ0) is 7.72. The molecule has 0 radical (unpaired) electrons. The maximum Gasteiger partial charge on any atom is 0.269 e. The lowest BCUT2D eigenvalue weighted by Gasteiger charge is -2.03. The van der Waals surface area contributed by atoms with Crippen molar-refractivity contribution in [2.45, 2.75) is 13.2 Å². The van der Waals surface area contributed by atoms with Crippen LogP contribution in [-0.4, -0.2) is 9.78 Å². The number of hydrogen-bond donors (Lipinski definition) is 3. The van der Waals surface area contributed by atoms with Gasteiger partial charge in [0, 0.05) is 11.8 Å². The van der Waals surface area contributed by atoms with Gasteiger partial charge in [-0.15, -0.1) is 0 Å². The third-order valence-corrected chi connectivity index (χ3v) is 1.17. The van der Waals surface area contributed by atoms with Crippen molar-refractivity contribution in [3.05, 3.63) is 22.1 Å². The lowest BCUT2D eigenvalue weighted by Crippen LogP contribution is -2.34. The van der Waals surface area contributed by atoms with E-state index in [0.29, 0.717) is 0 Å². The Bertz CT molecular complexity index is 271. The van der Waals surface area contributed by atoms with E-state index < -0.39 is 6.29 Å². The van der Waals surface area contributed by atoms with Gasteiger partial charge in [-0.1, -0.05) is 0 Å². The van der Waals surface area contributed by atoms with Crippen LogP contribution in [0, 0.1) is 6.92 Å².